The standard InChI is InChI=1S/C19H22N4O2/c1-12(2)23(11-16-8-6-15(10-20)7-9-16)19(25)18(24)17-13(3)21-22(5)14(17)4/h6-9,12H,11H2,1-5H3. The molecule has 0 spiro atoms. The fourth-order valence-corrected chi connectivity index (χ4v) is 2.71. The van der Waals surface area contributed by atoms with Crippen LogP contribution < -0.4 is 0 Å². The molecular formula is C19H22N4O2. The number of carbonyl (C=O) groups is 2. The van der Waals surface area contributed by atoms with Crippen LogP contribution in [0.2, 0.25) is 0 Å². The predicted octanol–water partition coefficient (Wildman–Crippen LogP) is 2.53. The molecule has 0 fully saturated rings. The number of carbonyl (C=O) groups excluding carboxylic acids is 2. The summed E-state index contributed by atoms with van der Waals surface area (Å²) in [5, 5.41) is 13.1. The van der Waals surface area contributed by atoms with Crippen molar-refractivity contribution in [2.45, 2.75) is 40.3 Å². The van der Waals surface area contributed by atoms with Gasteiger partial charge in [0.15, 0.2) is 0 Å². The highest BCUT2D eigenvalue weighted by Crippen LogP contribution is 2.17. The number of benzene rings is 1. The number of hydrogen-bond donors (Lipinski definition) is 0. The molecule has 1 amide bonds. The van der Waals surface area contributed by atoms with Crippen molar-refractivity contribution in [3.8, 4) is 6.07 Å². The second-order valence-corrected chi connectivity index (χ2v) is 6.33. The van der Waals surface area contributed by atoms with E-state index in [9.17, 15) is 9.59 Å². The number of hydrogen-bond acceptors (Lipinski definition) is 4. The fourth-order valence-electron chi connectivity index (χ4n) is 2.71. The number of nitrogens with zero attached hydrogens (tertiary/aromatic N) is 4. The summed E-state index contributed by atoms with van der Waals surface area (Å²) in [6, 6.07) is 8.93. The van der Waals surface area contributed by atoms with Crippen molar-refractivity contribution in [3.05, 3.63) is 52.3 Å². The minimum Gasteiger partial charge on any atom is -0.329 e. The average molecular weight is 338 g/mol. The first-order valence-corrected chi connectivity index (χ1v) is 8.10. The van der Waals surface area contributed by atoms with E-state index in [4.69, 9.17) is 5.26 Å². The average Bonchev–Trinajstić information content (AvgIpc) is 2.84. The van der Waals surface area contributed by atoms with Gasteiger partial charge in [-0.1, -0.05) is 12.1 Å². The summed E-state index contributed by atoms with van der Waals surface area (Å²) in [5.41, 5.74) is 3.04. The summed E-state index contributed by atoms with van der Waals surface area (Å²) in [6.45, 7) is 7.57. The Labute approximate surface area is 147 Å². The molecule has 0 radical (unpaired) electrons. The number of Topliss-reactive ketones (excluding diaryl/α,β-unsaturated/α-hetero) is 1. The normalized spacial score (nSPS) is 10.6. The Morgan fingerprint density at radius 3 is 2.28 bits per heavy atom. The zero-order chi connectivity index (χ0) is 18.7. The Kier molecular flexibility index (Phi) is 5.38. The van der Waals surface area contributed by atoms with Gasteiger partial charge in [-0.2, -0.15) is 10.4 Å². The molecule has 0 saturated heterocycles. The van der Waals surface area contributed by atoms with Crippen molar-refractivity contribution >= 4 is 11.7 Å². The quantitative estimate of drug-likeness (QED) is 0.620. The first-order chi connectivity index (χ1) is 11.8. The minimum absolute atomic E-state index is 0.135. The van der Waals surface area contributed by atoms with Gasteiger partial charge in [-0.3, -0.25) is 14.3 Å². The molecule has 0 aliphatic rings. The van der Waals surface area contributed by atoms with E-state index >= 15 is 0 Å². The number of aryl methyl sites for hydroxylation is 2. The number of aromatic nitrogens is 2. The molecule has 0 saturated carbocycles. The Balaban J connectivity index is 2.28. The third kappa shape index (κ3) is 3.77. The second-order valence-electron chi connectivity index (χ2n) is 6.33. The van der Waals surface area contributed by atoms with Crippen molar-refractivity contribution < 1.29 is 9.59 Å². The third-order valence-electron chi connectivity index (χ3n) is 4.25. The maximum Gasteiger partial charge on any atom is 0.295 e. The maximum atomic E-state index is 12.8. The number of nitriles is 1. The van der Waals surface area contributed by atoms with Gasteiger partial charge in [-0.25, -0.2) is 0 Å². The lowest BCUT2D eigenvalue weighted by Crippen LogP contribution is -2.41. The van der Waals surface area contributed by atoms with Crippen molar-refractivity contribution in [1.29, 1.82) is 5.26 Å². The molecule has 6 heteroatoms. The van der Waals surface area contributed by atoms with Gasteiger partial charge in [0.05, 0.1) is 22.9 Å². The second kappa shape index (κ2) is 7.31. The van der Waals surface area contributed by atoms with Crippen molar-refractivity contribution in [3.63, 3.8) is 0 Å². The monoisotopic (exact) mass is 338 g/mol. The Hall–Kier alpha value is -2.94. The van der Waals surface area contributed by atoms with E-state index in [1.807, 2.05) is 13.8 Å². The molecule has 1 heterocycles. The van der Waals surface area contributed by atoms with Crippen LogP contribution in [0.3, 0.4) is 0 Å². The molecule has 6 nitrogen and oxygen atoms in total. The van der Waals surface area contributed by atoms with Crippen LogP contribution in [0.25, 0.3) is 0 Å². The smallest absolute Gasteiger partial charge is 0.295 e. The lowest BCUT2D eigenvalue weighted by Gasteiger charge is -2.26. The van der Waals surface area contributed by atoms with Crippen LogP contribution in [-0.2, 0) is 18.4 Å². The highest BCUT2D eigenvalue weighted by molar-refractivity contribution is 6.43. The molecule has 0 bridgehead atoms. The molecule has 130 valence electrons. The van der Waals surface area contributed by atoms with E-state index in [-0.39, 0.29) is 6.04 Å². The van der Waals surface area contributed by atoms with E-state index in [2.05, 4.69) is 11.2 Å². The summed E-state index contributed by atoms with van der Waals surface area (Å²) < 4.78 is 1.61. The highest BCUT2D eigenvalue weighted by Gasteiger charge is 2.29. The van der Waals surface area contributed by atoms with E-state index in [0.29, 0.717) is 29.1 Å². The van der Waals surface area contributed by atoms with Crippen LogP contribution >= 0.6 is 0 Å². The first-order valence-electron chi connectivity index (χ1n) is 8.10. The maximum absolute atomic E-state index is 12.8. The summed E-state index contributed by atoms with van der Waals surface area (Å²) in [6.07, 6.45) is 0. The molecule has 0 aliphatic carbocycles. The fraction of sp³-hybridized carbons (Fsp3) is 0.368. The number of ketones is 1. The highest BCUT2D eigenvalue weighted by atomic mass is 16.2. The zero-order valence-electron chi connectivity index (χ0n) is 15.2. The van der Waals surface area contributed by atoms with Gasteiger partial charge in [0, 0.05) is 25.3 Å². The van der Waals surface area contributed by atoms with Crippen LogP contribution in [0, 0.1) is 25.2 Å². The Bertz CT molecular complexity index is 842. The number of rotatable bonds is 5. The number of amides is 1. The van der Waals surface area contributed by atoms with E-state index < -0.39 is 11.7 Å². The Morgan fingerprint density at radius 1 is 1.24 bits per heavy atom. The van der Waals surface area contributed by atoms with Gasteiger partial charge in [-0.05, 0) is 45.4 Å². The lowest BCUT2D eigenvalue weighted by atomic mass is 10.1. The van der Waals surface area contributed by atoms with Gasteiger partial charge in [0.1, 0.15) is 0 Å². The van der Waals surface area contributed by atoms with Crippen LogP contribution in [-0.4, -0.2) is 32.4 Å². The van der Waals surface area contributed by atoms with Crippen molar-refractivity contribution in [1.82, 2.24) is 14.7 Å². The van der Waals surface area contributed by atoms with Gasteiger partial charge in [-0.15, -0.1) is 0 Å². The van der Waals surface area contributed by atoms with Crippen LogP contribution in [0.5, 0.6) is 0 Å². The van der Waals surface area contributed by atoms with Gasteiger partial charge in [0.2, 0.25) is 0 Å². The first kappa shape index (κ1) is 18.4. The molecule has 2 rings (SSSR count). The predicted molar refractivity (Wildman–Crippen MR) is 93.9 cm³/mol. The molecule has 0 N–H and O–H groups in total. The van der Waals surface area contributed by atoms with Crippen molar-refractivity contribution in [2.75, 3.05) is 0 Å². The largest absolute Gasteiger partial charge is 0.329 e. The molecule has 1 aromatic carbocycles. The molecule has 0 aliphatic heterocycles. The van der Waals surface area contributed by atoms with Crippen LogP contribution in [0.4, 0.5) is 0 Å². The summed E-state index contributed by atoms with van der Waals surface area (Å²) >= 11 is 0. The summed E-state index contributed by atoms with van der Waals surface area (Å²) in [7, 11) is 1.75. The van der Waals surface area contributed by atoms with Crippen LogP contribution in [0.1, 0.15) is 46.7 Å². The third-order valence-corrected chi connectivity index (χ3v) is 4.25. The lowest BCUT2D eigenvalue weighted by molar-refractivity contribution is -0.128. The molecule has 2 aromatic rings. The molecule has 0 unspecified atom stereocenters. The van der Waals surface area contributed by atoms with Gasteiger partial charge >= 0.3 is 0 Å². The Morgan fingerprint density at radius 2 is 1.84 bits per heavy atom. The molecule has 25 heavy (non-hydrogen) atoms. The SMILES string of the molecule is Cc1nn(C)c(C)c1C(=O)C(=O)N(Cc1ccc(C#N)cc1)C(C)C. The summed E-state index contributed by atoms with van der Waals surface area (Å²) in [4.78, 5) is 27.1. The van der Waals surface area contributed by atoms with Crippen molar-refractivity contribution in [2.24, 2.45) is 7.05 Å². The van der Waals surface area contributed by atoms with E-state index in [1.54, 1.807) is 49.8 Å². The molecule has 1 aromatic heterocycles. The minimum atomic E-state index is -0.543. The summed E-state index contributed by atoms with van der Waals surface area (Å²) in [5.74, 6) is -1.08. The van der Waals surface area contributed by atoms with E-state index in [1.165, 1.54) is 4.90 Å². The topological polar surface area (TPSA) is 79.0 Å². The van der Waals surface area contributed by atoms with Gasteiger partial charge in [0.25, 0.3) is 11.7 Å². The van der Waals surface area contributed by atoms with Gasteiger partial charge < -0.3 is 4.90 Å². The molecular weight excluding hydrogens is 316 g/mol. The zero-order valence-corrected chi connectivity index (χ0v) is 15.2. The molecule has 0 atom stereocenters. The van der Waals surface area contributed by atoms with E-state index in [0.717, 1.165) is 5.56 Å². The van der Waals surface area contributed by atoms with Crippen LogP contribution in [0.15, 0.2) is 24.3 Å².